The SMILES string of the molecule is CCCCCCC#Cc1ccc2sccc2c1.CCCCCCCCc1ccc2sccc2c1. The van der Waals surface area contributed by atoms with Crippen LogP contribution in [0.1, 0.15) is 95.6 Å². The second-order valence-electron chi connectivity index (χ2n) is 9.10. The molecule has 0 spiro atoms. The molecule has 34 heavy (non-hydrogen) atoms. The van der Waals surface area contributed by atoms with E-state index in [4.69, 9.17) is 0 Å². The number of thiophene rings is 2. The van der Waals surface area contributed by atoms with Crippen molar-refractivity contribution in [2.24, 2.45) is 0 Å². The zero-order chi connectivity index (χ0) is 23.8. The van der Waals surface area contributed by atoms with Gasteiger partial charge in [-0.25, -0.2) is 0 Å². The van der Waals surface area contributed by atoms with Crippen LogP contribution in [0.15, 0.2) is 59.3 Å². The molecule has 180 valence electrons. The molecular weight excluding hydrogens is 448 g/mol. The third-order valence-electron chi connectivity index (χ3n) is 6.18. The Kier molecular flexibility index (Phi) is 12.3. The van der Waals surface area contributed by atoms with Crippen LogP contribution in [0.5, 0.6) is 0 Å². The zero-order valence-electron chi connectivity index (χ0n) is 21.1. The Morgan fingerprint density at radius 3 is 1.97 bits per heavy atom. The fraction of sp³-hybridized carbons (Fsp3) is 0.438. The van der Waals surface area contributed by atoms with Crippen LogP contribution in [-0.2, 0) is 6.42 Å². The molecule has 2 aromatic heterocycles. The largest absolute Gasteiger partial charge is 0.144 e. The predicted molar refractivity (Wildman–Crippen MR) is 156 cm³/mol. The number of rotatable bonds is 11. The molecule has 0 radical (unpaired) electrons. The van der Waals surface area contributed by atoms with Crippen LogP contribution in [0.25, 0.3) is 20.2 Å². The molecule has 0 N–H and O–H groups in total. The first-order chi connectivity index (χ1) is 16.8. The Bertz CT molecular complexity index is 1150. The summed E-state index contributed by atoms with van der Waals surface area (Å²) in [5.74, 6) is 6.53. The van der Waals surface area contributed by atoms with Crippen molar-refractivity contribution in [2.75, 3.05) is 0 Å². The highest BCUT2D eigenvalue weighted by atomic mass is 32.1. The highest BCUT2D eigenvalue weighted by Crippen LogP contribution is 2.23. The van der Waals surface area contributed by atoms with Crippen molar-refractivity contribution in [3.8, 4) is 11.8 Å². The van der Waals surface area contributed by atoms with Crippen molar-refractivity contribution in [3.63, 3.8) is 0 Å². The second kappa shape index (κ2) is 15.8. The fourth-order valence-electron chi connectivity index (χ4n) is 4.13. The lowest BCUT2D eigenvalue weighted by Crippen LogP contribution is -1.85. The van der Waals surface area contributed by atoms with Crippen LogP contribution >= 0.6 is 22.7 Å². The normalized spacial score (nSPS) is 10.6. The molecule has 0 nitrogen and oxygen atoms in total. The van der Waals surface area contributed by atoms with Crippen LogP contribution in [-0.4, -0.2) is 0 Å². The van der Waals surface area contributed by atoms with E-state index in [-0.39, 0.29) is 0 Å². The van der Waals surface area contributed by atoms with E-state index in [1.165, 1.54) is 96.4 Å². The fourth-order valence-corrected chi connectivity index (χ4v) is 5.67. The molecule has 2 heteroatoms. The number of hydrogen-bond donors (Lipinski definition) is 0. The minimum Gasteiger partial charge on any atom is -0.144 e. The molecule has 2 aromatic carbocycles. The maximum atomic E-state index is 3.27. The average molecular weight is 489 g/mol. The first-order valence-electron chi connectivity index (χ1n) is 13.2. The smallest absolute Gasteiger partial charge is 0.0343 e. The predicted octanol–water partition coefficient (Wildman–Crippen LogP) is 11.0. The van der Waals surface area contributed by atoms with Crippen LogP contribution in [0.4, 0.5) is 0 Å². The van der Waals surface area contributed by atoms with E-state index in [2.05, 4.69) is 85.0 Å². The monoisotopic (exact) mass is 488 g/mol. The Labute approximate surface area is 215 Å². The molecule has 4 aromatic rings. The molecule has 0 aliphatic heterocycles. The quantitative estimate of drug-likeness (QED) is 0.145. The van der Waals surface area contributed by atoms with Gasteiger partial charge in [-0.15, -0.1) is 22.7 Å². The second-order valence-corrected chi connectivity index (χ2v) is 11.0. The minimum absolute atomic E-state index is 1.03. The molecule has 0 aliphatic carbocycles. The van der Waals surface area contributed by atoms with Gasteiger partial charge >= 0.3 is 0 Å². The standard InChI is InChI=1S/C16H22S.C16H18S/c2*1-2-3-4-5-6-7-8-14-9-10-16-15(13-14)11-12-17-16/h9-13H,2-8H2,1H3;9-13H,2-6H2,1H3. The van der Waals surface area contributed by atoms with E-state index < -0.39 is 0 Å². The molecule has 0 unspecified atom stereocenters. The Morgan fingerprint density at radius 1 is 0.618 bits per heavy atom. The van der Waals surface area contributed by atoms with Crippen molar-refractivity contribution >= 4 is 42.8 Å². The Morgan fingerprint density at radius 2 is 1.24 bits per heavy atom. The van der Waals surface area contributed by atoms with Gasteiger partial charge < -0.3 is 0 Å². The van der Waals surface area contributed by atoms with E-state index >= 15 is 0 Å². The number of fused-ring (bicyclic) bond motifs is 2. The number of benzene rings is 2. The highest BCUT2D eigenvalue weighted by molar-refractivity contribution is 7.17. The van der Waals surface area contributed by atoms with E-state index in [1.54, 1.807) is 11.3 Å². The van der Waals surface area contributed by atoms with Gasteiger partial charge in [-0.1, -0.05) is 89.2 Å². The summed E-state index contributed by atoms with van der Waals surface area (Å²) >= 11 is 3.62. The summed E-state index contributed by atoms with van der Waals surface area (Å²) < 4.78 is 2.76. The molecule has 2 heterocycles. The molecule has 0 fully saturated rings. The molecule has 0 bridgehead atoms. The first-order valence-corrected chi connectivity index (χ1v) is 15.0. The molecule has 0 aliphatic rings. The lowest BCUT2D eigenvalue weighted by molar-refractivity contribution is 0.607. The summed E-state index contributed by atoms with van der Waals surface area (Å²) in [7, 11) is 0. The van der Waals surface area contributed by atoms with E-state index in [0.717, 1.165) is 12.0 Å². The first kappa shape index (κ1) is 26.5. The summed E-state index contributed by atoms with van der Waals surface area (Å²) in [5.41, 5.74) is 2.65. The number of aryl methyl sites for hydroxylation is 1. The molecule has 4 rings (SSSR count). The number of unbranched alkanes of at least 4 members (excludes halogenated alkanes) is 9. The minimum atomic E-state index is 1.03. The third kappa shape index (κ3) is 9.28. The van der Waals surface area contributed by atoms with Crippen molar-refractivity contribution in [3.05, 3.63) is 70.4 Å². The van der Waals surface area contributed by atoms with Crippen LogP contribution < -0.4 is 0 Å². The summed E-state index contributed by atoms with van der Waals surface area (Å²) in [5, 5.41) is 7.04. The topological polar surface area (TPSA) is 0 Å². The van der Waals surface area contributed by atoms with Crippen molar-refractivity contribution in [1.29, 1.82) is 0 Å². The lowest BCUT2D eigenvalue weighted by Gasteiger charge is -2.02. The molecule has 0 saturated carbocycles. The van der Waals surface area contributed by atoms with Gasteiger partial charge in [0.1, 0.15) is 0 Å². The van der Waals surface area contributed by atoms with E-state index in [0.29, 0.717) is 0 Å². The van der Waals surface area contributed by atoms with E-state index in [1.807, 2.05) is 11.3 Å². The summed E-state index contributed by atoms with van der Waals surface area (Å²) in [4.78, 5) is 0. The number of hydrogen-bond acceptors (Lipinski definition) is 2. The lowest BCUT2D eigenvalue weighted by atomic mass is 10.0. The van der Waals surface area contributed by atoms with E-state index in [9.17, 15) is 0 Å². The molecule has 0 saturated heterocycles. The average Bonchev–Trinajstić information content (AvgIpc) is 3.52. The Balaban J connectivity index is 0.000000191. The van der Waals surface area contributed by atoms with Gasteiger partial charge in [0.15, 0.2) is 0 Å². The maximum Gasteiger partial charge on any atom is 0.0343 e. The zero-order valence-corrected chi connectivity index (χ0v) is 22.7. The van der Waals surface area contributed by atoms with Gasteiger partial charge in [0.25, 0.3) is 0 Å². The van der Waals surface area contributed by atoms with Crippen LogP contribution in [0.3, 0.4) is 0 Å². The molecular formula is C32H40S2. The van der Waals surface area contributed by atoms with Gasteiger partial charge in [-0.3, -0.25) is 0 Å². The highest BCUT2D eigenvalue weighted by Gasteiger charge is 1.98. The summed E-state index contributed by atoms with van der Waals surface area (Å²) in [6.45, 7) is 4.51. The van der Waals surface area contributed by atoms with Crippen molar-refractivity contribution < 1.29 is 0 Å². The van der Waals surface area contributed by atoms with Gasteiger partial charge in [0.05, 0.1) is 0 Å². The maximum absolute atomic E-state index is 3.27. The molecule has 0 atom stereocenters. The third-order valence-corrected chi connectivity index (χ3v) is 7.97. The van der Waals surface area contributed by atoms with Crippen LogP contribution in [0, 0.1) is 11.8 Å². The van der Waals surface area contributed by atoms with Crippen molar-refractivity contribution in [2.45, 2.75) is 90.9 Å². The summed E-state index contributed by atoms with van der Waals surface area (Å²) in [6.07, 6.45) is 15.8. The van der Waals surface area contributed by atoms with Crippen LogP contribution in [0.2, 0.25) is 0 Å². The van der Waals surface area contributed by atoms with Gasteiger partial charge in [-0.05, 0) is 82.8 Å². The van der Waals surface area contributed by atoms with Crippen molar-refractivity contribution in [1.82, 2.24) is 0 Å². The van der Waals surface area contributed by atoms with Gasteiger partial charge in [0, 0.05) is 21.4 Å². The van der Waals surface area contributed by atoms with Gasteiger partial charge in [-0.2, -0.15) is 0 Å². The Hall–Kier alpha value is -2.08. The summed E-state index contributed by atoms with van der Waals surface area (Å²) in [6, 6.07) is 17.8. The van der Waals surface area contributed by atoms with Gasteiger partial charge in [0.2, 0.25) is 0 Å². The molecule has 0 amide bonds.